The zero-order valence-corrected chi connectivity index (χ0v) is 11.6. The molecule has 0 aliphatic carbocycles. The fourth-order valence-corrected chi connectivity index (χ4v) is 3.37. The predicted octanol–water partition coefficient (Wildman–Crippen LogP) is 4.27. The van der Waals surface area contributed by atoms with Crippen molar-refractivity contribution in [2.75, 3.05) is 7.05 Å². The van der Waals surface area contributed by atoms with Gasteiger partial charge in [0.15, 0.2) is 0 Å². The highest BCUT2D eigenvalue weighted by Gasteiger charge is 2.18. The van der Waals surface area contributed by atoms with Crippen LogP contribution in [0.25, 0.3) is 0 Å². The summed E-state index contributed by atoms with van der Waals surface area (Å²) in [7, 11) is 1.98. The lowest BCUT2D eigenvalue weighted by Gasteiger charge is -2.19. The highest BCUT2D eigenvalue weighted by molar-refractivity contribution is 7.10. The van der Waals surface area contributed by atoms with Gasteiger partial charge in [-0.25, -0.2) is 0 Å². The molecular formula is C14H16ClNS. The first-order chi connectivity index (χ1) is 8.27. The van der Waals surface area contributed by atoms with Crippen molar-refractivity contribution in [3.63, 3.8) is 0 Å². The molecule has 0 amide bonds. The molecule has 0 fully saturated rings. The molecule has 1 heterocycles. The fraction of sp³-hybridized carbons (Fsp3) is 0.286. The maximum atomic E-state index is 6.23. The quantitative estimate of drug-likeness (QED) is 0.870. The van der Waals surface area contributed by atoms with Gasteiger partial charge in [0.2, 0.25) is 0 Å². The Bertz CT molecular complexity index is 492. The number of nitrogens with one attached hydrogen (secondary N) is 1. The second kappa shape index (κ2) is 5.67. The van der Waals surface area contributed by atoms with E-state index in [1.165, 1.54) is 16.0 Å². The lowest BCUT2D eigenvalue weighted by Crippen LogP contribution is -2.18. The van der Waals surface area contributed by atoms with E-state index in [9.17, 15) is 0 Å². The van der Waals surface area contributed by atoms with Crippen LogP contribution in [0.4, 0.5) is 0 Å². The van der Waals surface area contributed by atoms with E-state index in [0.29, 0.717) is 0 Å². The molecule has 1 nitrogen and oxygen atoms in total. The van der Waals surface area contributed by atoms with Gasteiger partial charge in [0, 0.05) is 4.88 Å². The van der Waals surface area contributed by atoms with Crippen molar-refractivity contribution in [1.82, 2.24) is 5.32 Å². The average Bonchev–Trinajstić information content (AvgIpc) is 2.78. The second-order valence-electron chi connectivity index (χ2n) is 3.91. The van der Waals surface area contributed by atoms with Gasteiger partial charge in [-0.3, -0.25) is 0 Å². The molecule has 0 saturated heterocycles. The van der Waals surface area contributed by atoms with Gasteiger partial charge in [-0.1, -0.05) is 42.8 Å². The van der Waals surface area contributed by atoms with E-state index in [2.05, 4.69) is 36.5 Å². The van der Waals surface area contributed by atoms with Crippen LogP contribution < -0.4 is 5.32 Å². The lowest BCUT2D eigenvalue weighted by atomic mass is 9.97. The number of thiophene rings is 1. The van der Waals surface area contributed by atoms with Gasteiger partial charge < -0.3 is 5.32 Å². The van der Waals surface area contributed by atoms with Crippen LogP contribution in [0.5, 0.6) is 0 Å². The average molecular weight is 266 g/mol. The topological polar surface area (TPSA) is 12.0 Å². The summed E-state index contributed by atoms with van der Waals surface area (Å²) >= 11 is 7.93. The van der Waals surface area contributed by atoms with Crippen LogP contribution in [0, 0.1) is 0 Å². The van der Waals surface area contributed by atoms with Crippen molar-refractivity contribution in [2.45, 2.75) is 19.4 Å². The van der Waals surface area contributed by atoms with Crippen LogP contribution in [0.1, 0.15) is 29.0 Å². The number of rotatable bonds is 4. The van der Waals surface area contributed by atoms with E-state index < -0.39 is 0 Å². The molecule has 3 heteroatoms. The van der Waals surface area contributed by atoms with Crippen molar-refractivity contribution in [1.29, 1.82) is 0 Å². The van der Waals surface area contributed by atoms with E-state index in [1.54, 1.807) is 11.3 Å². The summed E-state index contributed by atoms with van der Waals surface area (Å²) in [4.78, 5) is 1.19. The van der Waals surface area contributed by atoms with Gasteiger partial charge in [0.1, 0.15) is 0 Å². The zero-order chi connectivity index (χ0) is 12.3. The Morgan fingerprint density at radius 3 is 2.65 bits per heavy atom. The van der Waals surface area contributed by atoms with Crippen molar-refractivity contribution in [2.24, 2.45) is 0 Å². The largest absolute Gasteiger partial charge is 0.309 e. The van der Waals surface area contributed by atoms with E-state index >= 15 is 0 Å². The predicted molar refractivity (Wildman–Crippen MR) is 76.1 cm³/mol. The number of hydrogen-bond acceptors (Lipinski definition) is 2. The van der Waals surface area contributed by atoms with E-state index in [0.717, 1.165) is 11.4 Å². The van der Waals surface area contributed by atoms with Crippen LogP contribution >= 0.6 is 22.9 Å². The van der Waals surface area contributed by atoms with E-state index in [-0.39, 0.29) is 6.04 Å². The molecule has 2 rings (SSSR count). The van der Waals surface area contributed by atoms with Gasteiger partial charge in [0.25, 0.3) is 0 Å². The third kappa shape index (κ3) is 2.54. The molecule has 17 heavy (non-hydrogen) atoms. The van der Waals surface area contributed by atoms with Crippen molar-refractivity contribution >= 4 is 22.9 Å². The number of hydrogen-bond donors (Lipinski definition) is 1. The summed E-state index contributed by atoms with van der Waals surface area (Å²) in [5.74, 6) is 0. The third-order valence-corrected chi connectivity index (χ3v) is 4.37. The smallest absolute Gasteiger partial charge is 0.0686 e. The summed E-state index contributed by atoms with van der Waals surface area (Å²) in [5, 5.41) is 6.25. The number of benzene rings is 1. The summed E-state index contributed by atoms with van der Waals surface area (Å²) in [5.41, 5.74) is 2.69. The number of halogens is 1. The first kappa shape index (κ1) is 12.6. The maximum Gasteiger partial charge on any atom is 0.0686 e. The summed E-state index contributed by atoms with van der Waals surface area (Å²) in [6.45, 7) is 2.18. The molecular weight excluding hydrogens is 250 g/mol. The lowest BCUT2D eigenvalue weighted by molar-refractivity contribution is 0.696. The summed E-state index contributed by atoms with van der Waals surface area (Å²) in [6.07, 6.45) is 1.04. The Balaban J connectivity index is 2.46. The molecule has 1 aromatic carbocycles. The molecule has 1 N–H and O–H groups in total. The minimum Gasteiger partial charge on any atom is -0.309 e. The van der Waals surface area contributed by atoms with Crippen LogP contribution in [0.3, 0.4) is 0 Å². The highest BCUT2D eigenvalue weighted by Crippen LogP contribution is 2.34. The molecule has 1 unspecified atom stereocenters. The molecule has 0 aliphatic rings. The summed E-state index contributed by atoms with van der Waals surface area (Å²) in [6, 6.07) is 10.7. The van der Waals surface area contributed by atoms with Crippen LogP contribution in [0.2, 0.25) is 5.02 Å². The normalized spacial score (nSPS) is 12.6. The Labute approximate surface area is 111 Å². The molecule has 0 bridgehead atoms. The first-order valence-electron chi connectivity index (χ1n) is 5.75. The van der Waals surface area contributed by atoms with Gasteiger partial charge in [-0.2, -0.15) is 0 Å². The molecule has 2 aromatic rings. The zero-order valence-electron chi connectivity index (χ0n) is 10.0. The van der Waals surface area contributed by atoms with Crippen LogP contribution in [-0.4, -0.2) is 7.05 Å². The second-order valence-corrected chi connectivity index (χ2v) is 5.26. The van der Waals surface area contributed by atoms with Gasteiger partial charge in [-0.15, -0.1) is 11.3 Å². The first-order valence-corrected chi connectivity index (χ1v) is 7.01. The van der Waals surface area contributed by atoms with Crippen molar-refractivity contribution < 1.29 is 0 Å². The van der Waals surface area contributed by atoms with E-state index in [1.807, 2.05) is 18.5 Å². The van der Waals surface area contributed by atoms with Crippen molar-refractivity contribution in [3.05, 3.63) is 56.7 Å². The Morgan fingerprint density at radius 2 is 2.06 bits per heavy atom. The van der Waals surface area contributed by atoms with Crippen LogP contribution in [0.15, 0.2) is 35.7 Å². The number of aryl methyl sites for hydroxylation is 1. The Morgan fingerprint density at radius 1 is 1.29 bits per heavy atom. The molecule has 1 aromatic heterocycles. The standard InChI is InChI=1S/C14H16ClNS/c1-3-10-6-4-5-7-11(10)13(16-2)14-12(15)8-9-17-14/h4-9,13,16H,3H2,1-2H3. The Kier molecular flexibility index (Phi) is 4.21. The monoisotopic (exact) mass is 265 g/mol. The Hall–Kier alpha value is -0.830. The SMILES string of the molecule is CCc1ccccc1C(NC)c1sccc1Cl. The molecule has 0 radical (unpaired) electrons. The molecule has 0 aliphatic heterocycles. The fourth-order valence-electron chi connectivity index (χ4n) is 2.08. The van der Waals surface area contributed by atoms with Gasteiger partial charge in [0.05, 0.1) is 11.1 Å². The van der Waals surface area contributed by atoms with E-state index in [4.69, 9.17) is 11.6 Å². The summed E-state index contributed by atoms with van der Waals surface area (Å²) < 4.78 is 0. The minimum absolute atomic E-state index is 0.193. The highest BCUT2D eigenvalue weighted by atomic mass is 35.5. The molecule has 0 spiro atoms. The molecule has 0 saturated carbocycles. The minimum atomic E-state index is 0.193. The molecule has 1 atom stereocenters. The maximum absolute atomic E-state index is 6.23. The van der Waals surface area contributed by atoms with Gasteiger partial charge in [-0.05, 0) is 36.0 Å². The van der Waals surface area contributed by atoms with Gasteiger partial charge >= 0.3 is 0 Å². The van der Waals surface area contributed by atoms with Crippen molar-refractivity contribution in [3.8, 4) is 0 Å². The van der Waals surface area contributed by atoms with Crippen LogP contribution in [-0.2, 0) is 6.42 Å². The molecule has 90 valence electrons. The third-order valence-electron chi connectivity index (χ3n) is 2.94.